The smallest absolute Gasteiger partial charge is 0.111 e. The van der Waals surface area contributed by atoms with E-state index in [2.05, 4.69) is 98.0 Å². The topological polar surface area (TPSA) is 354 Å². The minimum atomic E-state index is -0.253. The Bertz CT molecular complexity index is 370. The van der Waals surface area contributed by atoms with Gasteiger partial charge in [-0.2, -0.15) is 29.6 Å². The van der Waals surface area contributed by atoms with Crippen molar-refractivity contribution in [2.45, 2.75) is 0 Å². The molecule has 0 heterocycles. The van der Waals surface area contributed by atoms with Crippen molar-refractivity contribution >= 4 is 0 Å². The second kappa shape index (κ2) is 416. The molecule has 79 heavy (non-hydrogen) atoms. The van der Waals surface area contributed by atoms with Crippen LogP contribution >= 0.6 is 0 Å². The van der Waals surface area contributed by atoms with Crippen molar-refractivity contribution in [3.63, 3.8) is 0 Å². The Hall–Kier alpha value is 10.1. The number of hydrogen-bond acceptors (Lipinski definition) is 24. The maximum absolute atomic E-state index is 10.3. The number of halogens is 6. The Kier molecular flexibility index (Phi) is 1200. The molecule has 0 aromatic rings. The summed E-state index contributed by atoms with van der Waals surface area (Å²) in [4.78, 5) is 27.4. The number of methoxy groups -OCH3 is 3. The molecule has 12 N–H and O–H groups in total. The van der Waals surface area contributed by atoms with Gasteiger partial charge < -0.3 is 105 Å². The molecule has 0 bridgehead atoms. The summed E-state index contributed by atoms with van der Waals surface area (Å²) in [6, 6.07) is 0. The van der Waals surface area contributed by atoms with Crippen LogP contribution in [-0.2, 0) is 143 Å². The maximum Gasteiger partial charge on any atom is 0.111 e. The zero-order valence-electron chi connectivity index (χ0n) is 47.6. The van der Waals surface area contributed by atoms with Crippen LogP contribution in [0.3, 0.4) is 0 Å². The van der Waals surface area contributed by atoms with Gasteiger partial charge >= 0.3 is 0 Å². The maximum atomic E-state index is 10.3. The molecule has 0 amide bonds. The van der Waals surface area contributed by atoms with Crippen molar-refractivity contribution in [2.75, 3.05) is 162 Å². The SMILES string of the molecule is C=C.C=C.C=C.COCCO.COCCO.COCCO.COO.COO.COO.OCCOF.OCCOF.OCCOF.OCCOF.OCCOF.OCCOF.[CH3-].[CH3-].[CH3-].[CH3-].[CH3-].[CH3-].[U].[U].[U].[U].[U].[U].[U].[U].[U].[W].[W].[W].[W]. The molecule has 492 valence electrons. The van der Waals surface area contributed by atoms with Crippen molar-refractivity contribution in [3.8, 4) is 0 Å². The molecular weight excluding hydrogens is 3810 g/mol. The van der Waals surface area contributed by atoms with Crippen molar-refractivity contribution in [3.05, 3.63) is 84.0 Å². The van der Waals surface area contributed by atoms with E-state index in [1.807, 2.05) is 0 Å². The van der Waals surface area contributed by atoms with Crippen molar-refractivity contribution in [1.29, 1.82) is 0 Å². The average molecular weight is 3900 g/mol. The molecule has 0 aliphatic heterocycles. The quantitative estimate of drug-likeness (QED) is 0.0307. The Labute approximate surface area is 743 Å². The minimum Gasteiger partial charge on any atom is -0.394 e. The van der Waals surface area contributed by atoms with Gasteiger partial charge in [0.1, 0.15) is 39.6 Å². The van der Waals surface area contributed by atoms with Crippen LogP contribution in [0.1, 0.15) is 0 Å². The van der Waals surface area contributed by atoms with E-state index in [0.29, 0.717) is 19.8 Å². The summed E-state index contributed by atoms with van der Waals surface area (Å²) < 4.78 is 75.3. The van der Waals surface area contributed by atoms with Crippen LogP contribution in [0.15, 0.2) is 39.5 Å². The number of aliphatic hydroxyl groups excluding tert-OH is 9. The largest absolute Gasteiger partial charge is 0.394 e. The standard InChI is InChI=1S/3C3H8O2.6C2H5FO2.3C2H4.3CH4O2.6CH3.9U.4W/c3*1-5-3-2-4;6*3-5-2-1-4;3*1-2;3*1-3-2;;;;;;;;;;;;;;;;;;;/h3*4H,2-3H2,1H3;6*4H,1-2H2;3*1-2H2;3*2H,1H3;6*1H3;;;;;;;;;;;;;/q;;;;;;;;;;;;;;;6*-1;;;;;;;;;;;;;. The Morgan fingerprint density at radius 3 is 0.304 bits per heavy atom. The van der Waals surface area contributed by atoms with E-state index in [1.165, 1.54) is 21.3 Å². The van der Waals surface area contributed by atoms with Gasteiger partial charge in [0, 0.05) is 386 Å². The summed E-state index contributed by atoms with van der Waals surface area (Å²) in [5.74, 6) is 0. The molecule has 0 fully saturated rings. The van der Waals surface area contributed by atoms with E-state index >= 15 is 0 Å². The predicted molar refractivity (Wildman–Crippen MR) is 243 cm³/mol. The third-order valence-corrected chi connectivity index (χ3v) is 1.90. The first-order valence-electron chi connectivity index (χ1n) is 15.4. The van der Waals surface area contributed by atoms with E-state index in [4.69, 9.17) is 61.7 Å². The van der Waals surface area contributed by atoms with Gasteiger partial charge in [-0.25, -0.2) is 14.7 Å². The minimum absolute atomic E-state index is 0. The molecule has 0 spiro atoms. The second-order valence-electron chi connectivity index (χ2n) is 5.92. The van der Waals surface area contributed by atoms with Gasteiger partial charge in [0.25, 0.3) is 0 Å². The van der Waals surface area contributed by atoms with Crippen LogP contribution in [0, 0.1) is 325 Å². The van der Waals surface area contributed by atoms with E-state index in [1.54, 1.807) is 21.3 Å². The zero-order valence-corrected chi connectivity index (χ0v) is 96.8. The van der Waals surface area contributed by atoms with Crippen molar-refractivity contribution in [2.24, 2.45) is 0 Å². The molecule has 0 aliphatic rings. The van der Waals surface area contributed by atoms with Gasteiger partial charge in [-0.3, -0.25) is 15.8 Å². The first-order valence-corrected chi connectivity index (χ1v) is 15.4. The van der Waals surface area contributed by atoms with Crippen LogP contribution in [-0.4, -0.2) is 223 Å². The summed E-state index contributed by atoms with van der Waals surface area (Å²) in [6.45, 7) is 16.8. The third-order valence-electron chi connectivity index (χ3n) is 1.90. The van der Waals surface area contributed by atoms with Gasteiger partial charge in [0.15, 0.2) is 0 Å². The molecule has 0 saturated carbocycles. The zero-order chi connectivity index (χ0) is 51.2. The number of hydrogen-bond donors (Lipinski definition) is 12. The van der Waals surface area contributed by atoms with Gasteiger partial charge in [-0.1, -0.05) is 0 Å². The molecule has 43 heteroatoms. The first kappa shape index (κ1) is 228. The molecular formula is C36H96F6O24U9W4-6. The second-order valence-corrected chi connectivity index (χ2v) is 5.92. The van der Waals surface area contributed by atoms with Gasteiger partial charge in [-0.05, 0) is 27.2 Å². The van der Waals surface area contributed by atoms with Crippen molar-refractivity contribution < 1.29 is 512 Å². The van der Waals surface area contributed by atoms with E-state index in [-0.39, 0.29) is 508 Å². The van der Waals surface area contributed by atoms with E-state index < -0.39 is 0 Å². The van der Waals surface area contributed by atoms with E-state index in [0.717, 1.165) is 0 Å². The summed E-state index contributed by atoms with van der Waals surface area (Å²) >= 11 is 0. The normalized spacial score (nSPS) is 5.62. The molecule has 0 atom stereocenters. The van der Waals surface area contributed by atoms with Crippen LogP contribution < -0.4 is 0 Å². The molecule has 0 saturated heterocycles. The van der Waals surface area contributed by atoms with Crippen LogP contribution in [0.25, 0.3) is 0 Å². The number of rotatable bonds is 18. The molecule has 0 aromatic heterocycles. The fourth-order valence-corrected chi connectivity index (χ4v) is 0.481. The summed E-state index contributed by atoms with van der Waals surface area (Å²) in [7, 11) is 8.20. The summed E-state index contributed by atoms with van der Waals surface area (Å²) in [6.07, 6.45) is 0. The fourth-order valence-electron chi connectivity index (χ4n) is 0.481. The molecule has 0 aliphatic carbocycles. The predicted octanol–water partition coefficient (Wildman–Crippen LogP) is 3.57. The van der Waals surface area contributed by atoms with Gasteiger partial charge in [0.2, 0.25) is 0 Å². The summed E-state index contributed by atoms with van der Waals surface area (Å²) in [5.41, 5.74) is 0. The fraction of sp³-hybridized carbons (Fsp3) is 0.667. The van der Waals surface area contributed by atoms with Crippen LogP contribution in [0.2, 0.25) is 0 Å². The van der Waals surface area contributed by atoms with Gasteiger partial charge in [0.05, 0.1) is 101 Å². The average Bonchev–Trinajstić information content (AvgIpc) is 3.26. The van der Waals surface area contributed by atoms with Crippen LogP contribution in [0.4, 0.5) is 27.2 Å². The summed E-state index contributed by atoms with van der Waals surface area (Å²) in [5, 5.41) is 91.2. The number of aliphatic hydroxyl groups is 9. The first-order chi connectivity index (χ1) is 29.0. The third kappa shape index (κ3) is 828. The molecule has 0 aromatic carbocycles. The number of ether oxygens (including phenoxy) is 3. The Morgan fingerprint density at radius 2 is 0.304 bits per heavy atom. The van der Waals surface area contributed by atoms with Crippen LogP contribution in [0.5, 0.6) is 0 Å². The molecule has 0 rings (SSSR count). The van der Waals surface area contributed by atoms with E-state index in [9.17, 15) is 27.2 Å². The van der Waals surface area contributed by atoms with Gasteiger partial charge in [-0.15, -0.1) is 39.5 Å². The molecule has 0 radical (unpaired) electrons. The Morgan fingerprint density at radius 1 is 0.241 bits per heavy atom. The molecule has 24 nitrogen and oxygen atoms in total. The van der Waals surface area contributed by atoms with Crippen molar-refractivity contribution in [1.82, 2.24) is 0 Å². The molecule has 0 unspecified atom stereocenters. The monoisotopic (exact) mass is 3900 g/mol. The Balaban J connectivity index is -0.00000000850.